The lowest BCUT2D eigenvalue weighted by Gasteiger charge is -2.44. The highest BCUT2D eigenvalue weighted by atomic mass is 35.5. The number of hydrogen-bond acceptors (Lipinski definition) is 3. The summed E-state index contributed by atoms with van der Waals surface area (Å²) in [6.45, 7) is 2.24. The Morgan fingerprint density at radius 3 is 2.48 bits per heavy atom. The maximum Gasteiger partial charge on any atom is 0.121 e. The molecular weight excluding hydrogens is 309 g/mol. The Morgan fingerprint density at radius 2 is 1.90 bits per heavy atom. The summed E-state index contributed by atoms with van der Waals surface area (Å²) in [6, 6.07) is 5.94. The number of nitrogens with zero attached hydrogens (tertiary/aromatic N) is 1. The molecule has 0 amide bonds. The highest BCUT2D eigenvalue weighted by Gasteiger charge is 2.36. The van der Waals surface area contributed by atoms with Crippen LogP contribution in [-0.4, -0.2) is 41.3 Å². The predicted octanol–water partition coefficient (Wildman–Crippen LogP) is 3.75. The Hall–Kier alpha value is -0.480. The molecule has 1 N–H and O–H groups in total. The second kappa shape index (κ2) is 6.33. The van der Waals surface area contributed by atoms with Crippen molar-refractivity contribution in [3.63, 3.8) is 0 Å². The maximum absolute atomic E-state index is 10.6. The third-order valence-corrected chi connectivity index (χ3v) is 5.46. The summed E-state index contributed by atoms with van der Waals surface area (Å²) in [6.07, 6.45) is 5.53. The van der Waals surface area contributed by atoms with E-state index in [2.05, 4.69) is 4.90 Å². The normalized spacial score (nSPS) is 22.8. The molecule has 3 nitrogen and oxygen atoms in total. The molecule has 1 aromatic carbocycles. The van der Waals surface area contributed by atoms with Crippen molar-refractivity contribution in [2.24, 2.45) is 0 Å². The molecule has 0 atom stereocenters. The van der Waals surface area contributed by atoms with Gasteiger partial charge in [0, 0.05) is 25.2 Å². The molecule has 0 spiro atoms. The van der Waals surface area contributed by atoms with Gasteiger partial charge in [-0.3, -0.25) is 0 Å². The molecule has 2 aliphatic rings. The molecule has 1 heterocycles. The van der Waals surface area contributed by atoms with E-state index in [4.69, 9.17) is 27.9 Å². The minimum Gasteiger partial charge on any atom is -0.491 e. The van der Waals surface area contributed by atoms with Crippen LogP contribution in [0.2, 0.25) is 10.0 Å². The van der Waals surface area contributed by atoms with Crippen LogP contribution in [0.3, 0.4) is 0 Å². The first-order valence-electron chi connectivity index (χ1n) is 7.60. The van der Waals surface area contributed by atoms with E-state index in [1.165, 1.54) is 19.3 Å². The van der Waals surface area contributed by atoms with Gasteiger partial charge in [-0.25, -0.2) is 0 Å². The number of likely N-dealkylation sites (tertiary alicyclic amines) is 1. The van der Waals surface area contributed by atoms with E-state index in [1.807, 2.05) is 0 Å². The van der Waals surface area contributed by atoms with Gasteiger partial charge < -0.3 is 14.7 Å². The number of piperidine rings is 1. The summed E-state index contributed by atoms with van der Waals surface area (Å²) >= 11 is 11.8. The first-order valence-corrected chi connectivity index (χ1v) is 8.36. The average molecular weight is 330 g/mol. The SMILES string of the molecule is OC1(COc2ccc(Cl)c(Cl)c2)CCN(C2CCC2)CC1. The Kier molecular flexibility index (Phi) is 4.65. The molecule has 1 aliphatic heterocycles. The summed E-state index contributed by atoms with van der Waals surface area (Å²) in [5.41, 5.74) is -0.730. The molecule has 116 valence electrons. The lowest BCUT2D eigenvalue weighted by molar-refractivity contribution is -0.0653. The van der Waals surface area contributed by atoms with Gasteiger partial charge in [0.15, 0.2) is 0 Å². The monoisotopic (exact) mass is 329 g/mol. The first kappa shape index (κ1) is 15.4. The molecule has 21 heavy (non-hydrogen) atoms. The van der Waals surface area contributed by atoms with E-state index >= 15 is 0 Å². The summed E-state index contributed by atoms with van der Waals surface area (Å²) in [7, 11) is 0. The topological polar surface area (TPSA) is 32.7 Å². The molecular formula is C16H21Cl2NO2. The van der Waals surface area contributed by atoms with Gasteiger partial charge in [-0.05, 0) is 37.8 Å². The highest BCUT2D eigenvalue weighted by molar-refractivity contribution is 6.42. The molecule has 5 heteroatoms. The third-order valence-electron chi connectivity index (χ3n) is 4.72. The zero-order valence-electron chi connectivity index (χ0n) is 12.0. The lowest BCUT2D eigenvalue weighted by atomic mass is 9.86. The Balaban J connectivity index is 1.51. The summed E-state index contributed by atoms with van der Waals surface area (Å²) in [5, 5.41) is 11.6. The minimum absolute atomic E-state index is 0.309. The second-order valence-corrected chi connectivity index (χ2v) is 7.02. The fourth-order valence-electron chi connectivity index (χ4n) is 2.99. The molecule has 0 unspecified atom stereocenters. The van der Waals surface area contributed by atoms with Gasteiger partial charge in [-0.2, -0.15) is 0 Å². The number of benzene rings is 1. The smallest absolute Gasteiger partial charge is 0.121 e. The third kappa shape index (κ3) is 3.65. The van der Waals surface area contributed by atoms with Crippen LogP contribution in [0.15, 0.2) is 18.2 Å². The van der Waals surface area contributed by atoms with Gasteiger partial charge in [0.05, 0.1) is 10.0 Å². The summed E-state index contributed by atoms with van der Waals surface area (Å²) in [5.74, 6) is 0.652. The first-order chi connectivity index (χ1) is 10.1. The Morgan fingerprint density at radius 1 is 1.19 bits per heavy atom. The van der Waals surface area contributed by atoms with Crippen LogP contribution in [0.1, 0.15) is 32.1 Å². The molecule has 3 rings (SSSR count). The Labute approximate surface area is 135 Å². The molecule has 1 aliphatic carbocycles. The standard InChI is InChI=1S/C16H21Cl2NO2/c17-14-5-4-13(10-15(14)18)21-11-16(20)6-8-19(9-7-16)12-2-1-3-12/h4-5,10,12,20H,1-3,6-9,11H2. The van der Waals surface area contributed by atoms with Crippen LogP contribution >= 0.6 is 23.2 Å². The van der Waals surface area contributed by atoms with Crippen molar-refractivity contribution in [2.45, 2.75) is 43.7 Å². The van der Waals surface area contributed by atoms with Gasteiger partial charge in [-0.15, -0.1) is 0 Å². The molecule has 1 aromatic rings. The van der Waals surface area contributed by atoms with Gasteiger partial charge >= 0.3 is 0 Å². The van der Waals surface area contributed by atoms with Crippen molar-refractivity contribution >= 4 is 23.2 Å². The van der Waals surface area contributed by atoms with Crippen LogP contribution in [0.25, 0.3) is 0 Å². The fourth-order valence-corrected chi connectivity index (χ4v) is 3.27. The van der Waals surface area contributed by atoms with Gasteiger partial charge in [-0.1, -0.05) is 29.6 Å². The quantitative estimate of drug-likeness (QED) is 0.913. The van der Waals surface area contributed by atoms with Crippen LogP contribution in [-0.2, 0) is 0 Å². The zero-order chi connectivity index (χ0) is 14.9. The minimum atomic E-state index is -0.730. The number of halogens is 2. The largest absolute Gasteiger partial charge is 0.491 e. The van der Waals surface area contributed by atoms with Crippen LogP contribution in [0, 0.1) is 0 Å². The second-order valence-electron chi connectivity index (χ2n) is 6.21. The molecule has 0 bridgehead atoms. The van der Waals surface area contributed by atoms with Crippen molar-refractivity contribution in [3.8, 4) is 5.75 Å². The maximum atomic E-state index is 10.6. The number of ether oxygens (including phenoxy) is 1. The van der Waals surface area contributed by atoms with E-state index in [9.17, 15) is 5.11 Å². The van der Waals surface area contributed by atoms with Crippen molar-refractivity contribution in [1.29, 1.82) is 0 Å². The van der Waals surface area contributed by atoms with E-state index in [0.29, 0.717) is 22.4 Å². The van der Waals surface area contributed by atoms with Gasteiger partial charge in [0.1, 0.15) is 18.0 Å². The number of rotatable bonds is 4. The zero-order valence-corrected chi connectivity index (χ0v) is 13.5. The lowest BCUT2D eigenvalue weighted by Crippen LogP contribution is -2.52. The van der Waals surface area contributed by atoms with Crippen LogP contribution in [0.5, 0.6) is 5.75 Å². The van der Waals surface area contributed by atoms with Gasteiger partial charge in [0.2, 0.25) is 0 Å². The van der Waals surface area contributed by atoms with Crippen molar-refractivity contribution in [1.82, 2.24) is 4.90 Å². The van der Waals surface area contributed by atoms with Crippen molar-refractivity contribution < 1.29 is 9.84 Å². The summed E-state index contributed by atoms with van der Waals surface area (Å²) in [4.78, 5) is 2.51. The average Bonchev–Trinajstić information content (AvgIpc) is 2.41. The van der Waals surface area contributed by atoms with Crippen molar-refractivity contribution in [3.05, 3.63) is 28.2 Å². The highest BCUT2D eigenvalue weighted by Crippen LogP contribution is 2.32. The van der Waals surface area contributed by atoms with Crippen molar-refractivity contribution in [2.75, 3.05) is 19.7 Å². The number of hydrogen-bond donors (Lipinski definition) is 1. The van der Waals surface area contributed by atoms with E-state index in [0.717, 1.165) is 32.0 Å². The van der Waals surface area contributed by atoms with Crippen LogP contribution < -0.4 is 4.74 Å². The van der Waals surface area contributed by atoms with E-state index in [-0.39, 0.29) is 0 Å². The molecule has 0 radical (unpaired) electrons. The predicted molar refractivity (Wildman–Crippen MR) is 85.4 cm³/mol. The van der Waals surface area contributed by atoms with Crippen LogP contribution in [0.4, 0.5) is 0 Å². The van der Waals surface area contributed by atoms with Gasteiger partial charge in [0.25, 0.3) is 0 Å². The molecule has 1 saturated heterocycles. The summed E-state index contributed by atoms with van der Waals surface area (Å²) < 4.78 is 5.71. The van der Waals surface area contributed by atoms with E-state index < -0.39 is 5.60 Å². The molecule has 2 fully saturated rings. The Bertz CT molecular complexity index is 497. The molecule has 1 saturated carbocycles. The van der Waals surface area contributed by atoms with E-state index in [1.54, 1.807) is 18.2 Å². The fraction of sp³-hybridized carbons (Fsp3) is 0.625. The molecule has 0 aromatic heterocycles. The number of aliphatic hydroxyl groups is 1.